The van der Waals surface area contributed by atoms with Crippen LogP contribution in [0.2, 0.25) is 0 Å². The molecule has 0 spiro atoms. The van der Waals surface area contributed by atoms with E-state index in [-0.39, 0.29) is 0 Å². The van der Waals surface area contributed by atoms with Gasteiger partial charge in [-0.15, -0.1) is 0 Å². The van der Waals surface area contributed by atoms with Crippen molar-refractivity contribution < 1.29 is 4.42 Å². The predicted molar refractivity (Wildman–Crippen MR) is 87.6 cm³/mol. The molecule has 3 heterocycles. The molecule has 0 aliphatic carbocycles. The predicted octanol–water partition coefficient (Wildman–Crippen LogP) is 5.13. The number of hydrogen-bond donors (Lipinski definition) is 0. The summed E-state index contributed by atoms with van der Waals surface area (Å²) in [4.78, 5) is 4.50. The van der Waals surface area contributed by atoms with Gasteiger partial charge in [-0.1, -0.05) is 15.9 Å². The summed E-state index contributed by atoms with van der Waals surface area (Å²) in [7, 11) is 0. The summed E-state index contributed by atoms with van der Waals surface area (Å²) in [6.07, 6.45) is 1.87. The van der Waals surface area contributed by atoms with Crippen LogP contribution in [-0.4, -0.2) is 9.38 Å². The minimum Gasteiger partial charge on any atom is -0.454 e. The Morgan fingerprint density at radius 2 is 1.95 bits per heavy atom. The van der Waals surface area contributed by atoms with Crippen molar-refractivity contribution in [2.75, 3.05) is 0 Å². The van der Waals surface area contributed by atoms with Gasteiger partial charge in [-0.05, 0) is 55.8 Å². The van der Waals surface area contributed by atoms with E-state index in [0.717, 1.165) is 38.2 Å². The number of pyridine rings is 1. The fourth-order valence-corrected chi connectivity index (χ4v) is 3.17. The van der Waals surface area contributed by atoms with E-state index in [1.165, 1.54) is 5.56 Å². The number of nitrogens with zero attached hydrogens (tertiary/aromatic N) is 2. The highest BCUT2D eigenvalue weighted by Gasteiger charge is 2.13. The van der Waals surface area contributed by atoms with Crippen molar-refractivity contribution in [1.29, 1.82) is 0 Å². The lowest BCUT2D eigenvalue weighted by atomic mass is 10.2. The van der Waals surface area contributed by atoms with Gasteiger partial charge in [0, 0.05) is 15.6 Å². The summed E-state index contributed by atoms with van der Waals surface area (Å²) in [6, 6.07) is 12.3. The number of fused-ring (bicyclic) bond motifs is 2. The van der Waals surface area contributed by atoms with Gasteiger partial charge in [-0.3, -0.25) is 4.40 Å². The van der Waals surface area contributed by atoms with Gasteiger partial charge in [0.2, 0.25) is 0 Å². The van der Waals surface area contributed by atoms with Crippen molar-refractivity contribution in [3.05, 3.63) is 58.3 Å². The fourth-order valence-electron chi connectivity index (χ4n) is 2.79. The Hall–Kier alpha value is -2.07. The average molecular weight is 341 g/mol. The maximum atomic E-state index is 5.98. The molecule has 0 saturated heterocycles. The van der Waals surface area contributed by atoms with Gasteiger partial charge in [0.1, 0.15) is 16.9 Å². The lowest BCUT2D eigenvalue weighted by Crippen LogP contribution is -1.94. The van der Waals surface area contributed by atoms with E-state index in [4.69, 9.17) is 4.42 Å². The van der Waals surface area contributed by atoms with Crippen LogP contribution in [0.3, 0.4) is 0 Å². The first-order valence-electron chi connectivity index (χ1n) is 6.76. The monoisotopic (exact) mass is 340 g/mol. The maximum Gasteiger partial charge on any atom is 0.153 e. The molecular weight excluding hydrogens is 328 g/mol. The molecule has 4 rings (SSSR count). The molecule has 0 N–H and O–H groups in total. The van der Waals surface area contributed by atoms with Gasteiger partial charge in [-0.25, -0.2) is 4.98 Å². The Kier molecular flexibility index (Phi) is 2.69. The van der Waals surface area contributed by atoms with Crippen molar-refractivity contribution in [1.82, 2.24) is 9.38 Å². The summed E-state index contributed by atoms with van der Waals surface area (Å²) in [5, 5.41) is 1.08. The molecule has 3 nitrogen and oxygen atoms in total. The topological polar surface area (TPSA) is 30.4 Å². The van der Waals surface area contributed by atoms with Crippen LogP contribution in [0, 0.1) is 13.8 Å². The largest absolute Gasteiger partial charge is 0.454 e. The first-order chi connectivity index (χ1) is 10.1. The van der Waals surface area contributed by atoms with Crippen molar-refractivity contribution in [2.45, 2.75) is 13.8 Å². The van der Waals surface area contributed by atoms with E-state index in [9.17, 15) is 0 Å². The third kappa shape index (κ3) is 1.98. The highest BCUT2D eigenvalue weighted by atomic mass is 79.9. The van der Waals surface area contributed by atoms with Crippen LogP contribution in [0.25, 0.3) is 28.1 Å². The molecular formula is C17H13BrN2O. The standard InChI is InChI=1S/C17H13BrN2O/c1-10-5-11(2)20-14(9-19-17(20)6-10)16-8-12-7-13(18)3-4-15(12)21-16/h3-9H,1-2H3. The highest BCUT2D eigenvalue weighted by molar-refractivity contribution is 9.10. The minimum absolute atomic E-state index is 0.836. The molecule has 0 aliphatic rings. The average Bonchev–Trinajstić information content (AvgIpc) is 3.01. The molecule has 0 amide bonds. The summed E-state index contributed by atoms with van der Waals surface area (Å²) < 4.78 is 9.15. The van der Waals surface area contributed by atoms with E-state index in [2.05, 4.69) is 63.4 Å². The molecule has 0 bridgehead atoms. The number of aromatic nitrogens is 2. The smallest absolute Gasteiger partial charge is 0.153 e. The minimum atomic E-state index is 0.836. The second-order valence-electron chi connectivity index (χ2n) is 5.30. The second kappa shape index (κ2) is 4.46. The maximum absolute atomic E-state index is 5.98. The SMILES string of the molecule is Cc1cc(C)n2c(-c3cc4cc(Br)ccc4o3)cnc2c1. The molecule has 21 heavy (non-hydrogen) atoms. The zero-order valence-corrected chi connectivity index (χ0v) is 13.3. The summed E-state index contributed by atoms with van der Waals surface area (Å²) in [5.41, 5.74) is 5.18. The van der Waals surface area contributed by atoms with E-state index < -0.39 is 0 Å². The number of benzene rings is 1. The van der Waals surface area contributed by atoms with E-state index in [1.807, 2.05) is 18.3 Å². The summed E-state index contributed by atoms with van der Waals surface area (Å²) in [6.45, 7) is 4.17. The summed E-state index contributed by atoms with van der Waals surface area (Å²) >= 11 is 3.49. The first kappa shape index (κ1) is 12.7. The fraction of sp³-hybridized carbons (Fsp3) is 0.118. The van der Waals surface area contributed by atoms with E-state index in [1.54, 1.807) is 0 Å². The van der Waals surface area contributed by atoms with Crippen LogP contribution in [-0.2, 0) is 0 Å². The van der Waals surface area contributed by atoms with Crippen LogP contribution < -0.4 is 0 Å². The number of furan rings is 1. The molecule has 0 radical (unpaired) electrons. The third-order valence-corrected chi connectivity index (χ3v) is 4.16. The number of aryl methyl sites for hydroxylation is 2. The quantitative estimate of drug-likeness (QED) is 0.481. The number of halogens is 1. The normalized spacial score (nSPS) is 11.6. The van der Waals surface area contributed by atoms with E-state index >= 15 is 0 Å². The molecule has 3 aromatic heterocycles. The molecule has 1 aromatic carbocycles. The van der Waals surface area contributed by atoms with Gasteiger partial charge in [-0.2, -0.15) is 0 Å². The molecule has 0 aliphatic heterocycles. The zero-order valence-electron chi connectivity index (χ0n) is 11.7. The van der Waals surface area contributed by atoms with Gasteiger partial charge in [0.15, 0.2) is 5.76 Å². The van der Waals surface area contributed by atoms with Gasteiger partial charge in [0.05, 0.1) is 6.20 Å². The van der Waals surface area contributed by atoms with Crippen LogP contribution in [0.15, 0.2) is 51.5 Å². The molecule has 4 heteroatoms. The molecule has 0 unspecified atom stereocenters. The Balaban J connectivity index is 2.00. The van der Waals surface area contributed by atoms with Crippen LogP contribution >= 0.6 is 15.9 Å². The second-order valence-corrected chi connectivity index (χ2v) is 6.22. The Morgan fingerprint density at radius 3 is 2.81 bits per heavy atom. The highest BCUT2D eigenvalue weighted by Crippen LogP contribution is 2.30. The van der Waals surface area contributed by atoms with Gasteiger partial charge >= 0.3 is 0 Å². The lowest BCUT2D eigenvalue weighted by molar-refractivity contribution is 0.627. The van der Waals surface area contributed by atoms with Crippen LogP contribution in [0.1, 0.15) is 11.3 Å². The molecule has 4 aromatic rings. The van der Waals surface area contributed by atoms with Crippen LogP contribution in [0.5, 0.6) is 0 Å². The molecule has 0 saturated carbocycles. The van der Waals surface area contributed by atoms with Crippen molar-refractivity contribution in [3.8, 4) is 11.5 Å². The number of hydrogen-bond acceptors (Lipinski definition) is 2. The van der Waals surface area contributed by atoms with Crippen molar-refractivity contribution in [3.63, 3.8) is 0 Å². The molecule has 0 atom stereocenters. The lowest BCUT2D eigenvalue weighted by Gasteiger charge is -2.04. The number of imidazole rings is 1. The number of rotatable bonds is 1. The van der Waals surface area contributed by atoms with Gasteiger partial charge in [0.25, 0.3) is 0 Å². The zero-order chi connectivity index (χ0) is 14.6. The third-order valence-electron chi connectivity index (χ3n) is 3.67. The van der Waals surface area contributed by atoms with Crippen molar-refractivity contribution >= 4 is 32.5 Å². The first-order valence-corrected chi connectivity index (χ1v) is 7.55. The van der Waals surface area contributed by atoms with E-state index in [0.29, 0.717) is 0 Å². The Labute approximate surface area is 130 Å². The molecule has 0 fully saturated rings. The van der Waals surface area contributed by atoms with Crippen molar-refractivity contribution in [2.24, 2.45) is 0 Å². The molecule has 104 valence electrons. The van der Waals surface area contributed by atoms with Gasteiger partial charge < -0.3 is 4.42 Å². The summed E-state index contributed by atoms with van der Waals surface area (Å²) in [5.74, 6) is 0.836. The van der Waals surface area contributed by atoms with Crippen LogP contribution in [0.4, 0.5) is 0 Å². The Bertz CT molecular complexity index is 981. The Morgan fingerprint density at radius 1 is 1.10 bits per heavy atom.